The van der Waals surface area contributed by atoms with Crippen LogP contribution >= 0.6 is 27.3 Å². The molecule has 22 rings (SSSR count). The summed E-state index contributed by atoms with van der Waals surface area (Å²) in [4.78, 5) is 2.40. The number of benzene rings is 17. The van der Waals surface area contributed by atoms with Gasteiger partial charge in [0.15, 0.2) is 0 Å². The van der Waals surface area contributed by atoms with Crippen molar-refractivity contribution >= 4 is 125 Å². The zero-order valence-electron chi connectivity index (χ0n) is 63.2. The first-order chi connectivity index (χ1) is 56.9. The number of halogens is 1. The molecular formula is C109H77BrN4S. The van der Waals surface area contributed by atoms with Crippen LogP contribution in [0.25, 0.3) is 147 Å². The molecule has 0 atom stereocenters. The van der Waals surface area contributed by atoms with E-state index >= 15 is 0 Å². The van der Waals surface area contributed by atoms with E-state index in [0.29, 0.717) is 0 Å². The van der Waals surface area contributed by atoms with E-state index in [1.165, 1.54) is 158 Å². The molecule has 2 aliphatic carbocycles. The maximum Gasteiger partial charge on any atom is 0.0634 e. The van der Waals surface area contributed by atoms with Crippen molar-refractivity contribution in [3.8, 4) is 78.1 Å². The molecule has 6 heteroatoms. The Bertz CT molecular complexity index is 6920. The monoisotopic (exact) mass is 1550 g/mol. The highest BCUT2D eigenvalue weighted by Gasteiger charge is 2.27. The third-order valence-corrected chi connectivity index (χ3v) is 24.2. The minimum atomic E-state index is 0.982. The van der Waals surface area contributed by atoms with E-state index in [4.69, 9.17) is 0 Å². The molecule has 0 fully saturated rings. The number of allylic oxidation sites excluding steroid dienone is 4. The van der Waals surface area contributed by atoms with Gasteiger partial charge in [-0.05, 0) is 236 Å². The summed E-state index contributed by atoms with van der Waals surface area (Å²) < 4.78 is 8.63. The van der Waals surface area contributed by atoms with Crippen LogP contribution in [0.5, 0.6) is 0 Å². The van der Waals surface area contributed by atoms with Gasteiger partial charge < -0.3 is 19.4 Å². The van der Waals surface area contributed by atoms with Gasteiger partial charge in [-0.3, -0.25) is 0 Å². The molecule has 546 valence electrons. The number of anilines is 5. The number of nitrogens with zero attached hydrogens (tertiary/aromatic N) is 3. The summed E-state index contributed by atoms with van der Waals surface area (Å²) in [5.41, 5.74) is 33.3. The summed E-state index contributed by atoms with van der Waals surface area (Å²) in [5.74, 6) is 0. The number of para-hydroxylation sites is 2. The molecule has 0 unspecified atom stereocenters. The minimum Gasteiger partial charge on any atom is -0.356 e. The van der Waals surface area contributed by atoms with Crippen molar-refractivity contribution in [3.05, 3.63) is 446 Å². The first-order valence-corrected chi connectivity index (χ1v) is 41.1. The van der Waals surface area contributed by atoms with E-state index in [1.54, 1.807) is 0 Å². The Morgan fingerprint density at radius 2 is 0.722 bits per heavy atom. The Morgan fingerprint density at radius 1 is 0.304 bits per heavy atom. The lowest BCUT2D eigenvalue weighted by Crippen LogP contribution is -2.10. The molecule has 4 nitrogen and oxygen atoms in total. The van der Waals surface area contributed by atoms with Crippen LogP contribution in [0, 0.1) is 0 Å². The average molecular weight is 1550 g/mol. The van der Waals surface area contributed by atoms with Crippen molar-refractivity contribution in [2.24, 2.45) is 0 Å². The maximum atomic E-state index is 3.70. The van der Waals surface area contributed by atoms with Gasteiger partial charge in [0.1, 0.15) is 0 Å². The standard InChI is InChI=1S/C54H38N2S.C31H20BrN.C24H19N/c1-5-13-37(14-6-1)40-21-26-44(27-22-40)55(45-28-23-41(24-29-45)38-15-7-2-8-16-38)46-30-32-50-48(36-46)47-31-34-52-53(54(47)56(50)43-19-11-4-12-20-43)49-35-42(25-33-51(49)57-52)39-17-9-3-10-18-39;32-24-14-16-29-28(19-24)26-15-13-23-17-22-12-11-21(20-7-3-1-4-8-20)18-27(22)30(23)31(26)33(29)25-9-5-2-6-10-25;1-3-7-19(8-4-1)21-11-15-23(16-12-21)25-24-17-13-22(14-18-24)20-9-5-2-6-10-20/h1,3-7,9-36H,2,8H2;1-16,18-19H,17H2;1-18,25H. The van der Waals surface area contributed by atoms with Gasteiger partial charge in [-0.25, -0.2) is 0 Å². The molecule has 0 saturated carbocycles. The molecule has 1 N–H and O–H groups in total. The minimum absolute atomic E-state index is 0.982. The van der Waals surface area contributed by atoms with E-state index < -0.39 is 0 Å². The average Bonchev–Trinajstić information content (AvgIpc) is 1.56. The third kappa shape index (κ3) is 13.8. The number of nitrogens with one attached hydrogen (secondary N) is 1. The van der Waals surface area contributed by atoms with Crippen LogP contribution in [-0.4, -0.2) is 9.13 Å². The molecule has 0 radical (unpaired) electrons. The molecule has 20 aromatic rings. The first kappa shape index (κ1) is 70.3. The Labute approximate surface area is 682 Å². The molecule has 0 aliphatic heterocycles. The van der Waals surface area contributed by atoms with Gasteiger partial charge in [0.2, 0.25) is 0 Å². The summed E-state index contributed by atoms with van der Waals surface area (Å²) in [6.45, 7) is 0. The topological polar surface area (TPSA) is 25.1 Å². The second-order valence-corrected chi connectivity index (χ2v) is 31.6. The Hall–Kier alpha value is -13.9. The highest BCUT2D eigenvalue weighted by atomic mass is 79.9. The highest BCUT2D eigenvalue weighted by Crippen LogP contribution is 2.50. The number of rotatable bonds is 13. The number of fused-ring (bicyclic) bond motifs is 14. The Balaban J connectivity index is 0.000000124. The van der Waals surface area contributed by atoms with Gasteiger partial charge in [0.25, 0.3) is 0 Å². The van der Waals surface area contributed by atoms with E-state index in [9.17, 15) is 0 Å². The van der Waals surface area contributed by atoms with Gasteiger partial charge in [-0.2, -0.15) is 0 Å². The maximum absolute atomic E-state index is 3.70. The van der Waals surface area contributed by atoms with E-state index in [2.05, 4.69) is 448 Å². The normalized spacial score (nSPS) is 12.1. The van der Waals surface area contributed by atoms with Gasteiger partial charge in [0.05, 0.1) is 22.1 Å². The largest absolute Gasteiger partial charge is 0.356 e. The molecule has 17 aromatic carbocycles. The second-order valence-electron chi connectivity index (χ2n) is 29.6. The molecule has 2 aliphatic rings. The van der Waals surface area contributed by atoms with Crippen LogP contribution in [0.2, 0.25) is 0 Å². The number of hydrogen-bond donors (Lipinski definition) is 1. The lowest BCUT2D eigenvalue weighted by Gasteiger charge is -2.26. The van der Waals surface area contributed by atoms with Crippen molar-refractivity contribution in [2.45, 2.75) is 19.3 Å². The zero-order valence-corrected chi connectivity index (χ0v) is 65.6. The van der Waals surface area contributed by atoms with Gasteiger partial charge in [-0.15, -0.1) is 11.3 Å². The van der Waals surface area contributed by atoms with Crippen LogP contribution in [-0.2, 0) is 6.42 Å². The van der Waals surface area contributed by atoms with Crippen molar-refractivity contribution in [1.29, 1.82) is 0 Å². The van der Waals surface area contributed by atoms with E-state index in [0.717, 1.165) is 57.9 Å². The predicted octanol–water partition coefficient (Wildman–Crippen LogP) is 31.2. The number of thiophene rings is 1. The van der Waals surface area contributed by atoms with Crippen LogP contribution in [0.3, 0.4) is 0 Å². The van der Waals surface area contributed by atoms with Gasteiger partial charge in [0, 0.05) is 91.6 Å². The highest BCUT2D eigenvalue weighted by molar-refractivity contribution is 9.10. The number of hydrogen-bond acceptors (Lipinski definition) is 3. The molecule has 3 heterocycles. The zero-order chi connectivity index (χ0) is 76.5. The van der Waals surface area contributed by atoms with Crippen molar-refractivity contribution in [2.75, 3.05) is 10.2 Å². The molecule has 3 aromatic heterocycles. The SMILES string of the molecule is Brc1ccc2c(c1)c1ccc3c(c1n2-c1ccccc1)-c1cc(-c2ccccc2)ccc1C3.C1=CC(c2ccc(N(c3ccc(-c4ccccc4)cc3)c3ccc4c(c3)c3ccc5sc6ccc(-c7ccccc7)cc6c5c3n4-c3ccccc3)cc2)=CCC1.c1ccc(-c2ccc(Nc3ccc(-c4ccccc4)cc3)cc2)cc1. The summed E-state index contributed by atoms with van der Waals surface area (Å²) in [6.07, 6.45) is 10.1. The first-order valence-electron chi connectivity index (χ1n) is 39.5. The third-order valence-electron chi connectivity index (χ3n) is 22.5. The van der Waals surface area contributed by atoms with Crippen LogP contribution in [0.15, 0.2) is 429 Å². The molecule has 0 spiro atoms. The van der Waals surface area contributed by atoms with Gasteiger partial charge >= 0.3 is 0 Å². The van der Waals surface area contributed by atoms with Crippen LogP contribution in [0.4, 0.5) is 28.4 Å². The quantitative estimate of drug-likeness (QED) is 0.124. The molecule has 0 saturated heterocycles. The van der Waals surface area contributed by atoms with E-state index in [-0.39, 0.29) is 0 Å². The van der Waals surface area contributed by atoms with E-state index in [1.807, 2.05) is 23.5 Å². The number of aromatic nitrogens is 2. The van der Waals surface area contributed by atoms with Crippen LogP contribution < -0.4 is 10.2 Å². The molecule has 0 bridgehead atoms. The van der Waals surface area contributed by atoms with Gasteiger partial charge in [-0.1, -0.05) is 307 Å². The Kier molecular flexibility index (Phi) is 18.9. The molecular weight excluding hydrogens is 1480 g/mol. The summed E-state index contributed by atoms with van der Waals surface area (Å²) in [6, 6.07) is 146. The van der Waals surface area contributed by atoms with Crippen LogP contribution in [0.1, 0.15) is 29.5 Å². The van der Waals surface area contributed by atoms with Crippen molar-refractivity contribution in [1.82, 2.24) is 9.13 Å². The lowest BCUT2D eigenvalue weighted by molar-refractivity contribution is 1.04. The fourth-order valence-corrected chi connectivity index (χ4v) is 18.4. The van der Waals surface area contributed by atoms with Crippen molar-refractivity contribution < 1.29 is 0 Å². The lowest BCUT2D eigenvalue weighted by atomic mass is 9.97. The molecule has 0 amide bonds. The summed E-state index contributed by atoms with van der Waals surface area (Å²) in [7, 11) is 0. The summed E-state index contributed by atoms with van der Waals surface area (Å²) in [5, 5.41) is 11.1. The second kappa shape index (κ2) is 31.0. The summed E-state index contributed by atoms with van der Waals surface area (Å²) >= 11 is 5.58. The van der Waals surface area contributed by atoms with Crippen molar-refractivity contribution in [3.63, 3.8) is 0 Å². The Morgan fingerprint density at radius 3 is 1.26 bits per heavy atom. The molecule has 115 heavy (non-hydrogen) atoms. The predicted molar refractivity (Wildman–Crippen MR) is 495 cm³/mol. The fraction of sp³-hybridized carbons (Fsp3) is 0.0275. The smallest absolute Gasteiger partial charge is 0.0634 e. The fourth-order valence-electron chi connectivity index (χ4n) is 17.0.